The Morgan fingerprint density at radius 2 is 2.40 bits per heavy atom. The molecule has 1 aliphatic rings. The smallest absolute Gasteiger partial charge is 0.306 e. The van der Waals surface area contributed by atoms with Gasteiger partial charge in [-0.15, -0.1) is 23.2 Å². The maximum absolute atomic E-state index is 12.3. The molecule has 0 bridgehead atoms. The predicted molar refractivity (Wildman–Crippen MR) is 63.8 cm³/mol. The van der Waals surface area contributed by atoms with Crippen LogP contribution in [-0.2, 0) is 9.09 Å². The lowest BCUT2D eigenvalue weighted by Gasteiger charge is -2.34. The second kappa shape index (κ2) is 6.43. The average Bonchev–Trinajstić information content (AvgIpc) is 2.19. The van der Waals surface area contributed by atoms with Crippen LogP contribution in [0.1, 0.15) is 13.3 Å². The normalized spacial score (nSPS) is 30.3. The Morgan fingerprint density at radius 3 is 3.00 bits per heavy atom. The molecule has 0 spiro atoms. The van der Waals surface area contributed by atoms with E-state index in [0.29, 0.717) is 25.6 Å². The minimum Gasteiger partial charge on any atom is -0.306 e. The van der Waals surface area contributed by atoms with Crippen molar-refractivity contribution < 1.29 is 9.09 Å². The van der Waals surface area contributed by atoms with Crippen molar-refractivity contribution in [3.63, 3.8) is 0 Å². The Bertz CT molecular complexity index is 239. The number of alkyl halides is 2. The zero-order valence-corrected chi connectivity index (χ0v) is 11.2. The minimum absolute atomic E-state index is 0.0702. The molecular formula is C8H17Cl2N2O2P. The quantitative estimate of drug-likeness (QED) is 0.617. The van der Waals surface area contributed by atoms with E-state index in [1.165, 1.54) is 0 Å². The zero-order chi connectivity index (χ0) is 11.3. The van der Waals surface area contributed by atoms with Crippen LogP contribution in [0.2, 0.25) is 0 Å². The van der Waals surface area contributed by atoms with Crippen LogP contribution < -0.4 is 5.09 Å². The first-order valence-electron chi connectivity index (χ1n) is 5.03. The lowest BCUT2D eigenvalue weighted by Crippen LogP contribution is -2.37. The van der Waals surface area contributed by atoms with Crippen LogP contribution in [0, 0.1) is 0 Å². The van der Waals surface area contributed by atoms with Crippen molar-refractivity contribution in [3.05, 3.63) is 0 Å². The third kappa shape index (κ3) is 4.22. The molecule has 0 aliphatic carbocycles. The van der Waals surface area contributed by atoms with Crippen molar-refractivity contribution in [1.29, 1.82) is 0 Å². The average molecular weight is 275 g/mol. The Hall–Kier alpha value is 0.690. The Kier molecular flexibility index (Phi) is 5.90. The number of halogens is 2. The maximum atomic E-state index is 12.3. The van der Waals surface area contributed by atoms with Crippen molar-refractivity contribution >= 4 is 30.9 Å². The highest BCUT2D eigenvalue weighted by atomic mass is 35.5. The van der Waals surface area contributed by atoms with Gasteiger partial charge in [0.05, 0.1) is 6.61 Å². The number of nitrogens with zero attached hydrogens (tertiary/aromatic N) is 1. The van der Waals surface area contributed by atoms with Crippen molar-refractivity contribution in [1.82, 2.24) is 9.76 Å². The topological polar surface area (TPSA) is 41.6 Å². The molecule has 0 aromatic heterocycles. The van der Waals surface area contributed by atoms with Gasteiger partial charge in [-0.3, -0.25) is 4.57 Å². The van der Waals surface area contributed by atoms with Gasteiger partial charge in [0.1, 0.15) is 0 Å². The largest absolute Gasteiger partial charge is 0.343 e. The lowest BCUT2D eigenvalue weighted by molar-refractivity contribution is 0.203. The Labute approximate surface area is 101 Å². The van der Waals surface area contributed by atoms with E-state index in [1.807, 2.05) is 6.92 Å². The second-order valence-corrected chi connectivity index (χ2v) is 6.80. The van der Waals surface area contributed by atoms with Gasteiger partial charge in [0, 0.05) is 30.9 Å². The van der Waals surface area contributed by atoms with Gasteiger partial charge in [0.15, 0.2) is 0 Å². The van der Waals surface area contributed by atoms with E-state index in [-0.39, 0.29) is 5.38 Å². The van der Waals surface area contributed by atoms with Gasteiger partial charge in [-0.05, 0) is 13.3 Å². The van der Waals surface area contributed by atoms with E-state index in [2.05, 4.69) is 5.09 Å². The van der Waals surface area contributed by atoms with Crippen LogP contribution in [0.4, 0.5) is 0 Å². The molecule has 1 aliphatic heterocycles. The molecule has 7 heteroatoms. The van der Waals surface area contributed by atoms with Crippen molar-refractivity contribution in [2.45, 2.75) is 18.7 Å². The highest BCUT2D eigenvalue weighted by Gasteiger charge is 2.34. The summed E-state index contributed by atoms with van der Waals surface area (Å²) in [5.74, 6) is 0.450. The first-order valence-corrected chi connectivity index (χ1v) is 7.58. The van der Waals surface area contributed by atoms with E-state index >= 15 is 0 Å². The van der Waals surface area contributed by atoms with Crippen molar-refractivity contribution in [2.24, 2.45) is 0 Å². The summed E-state index contributed by atoms with van der Waals surface area (Å²) in [4.78, 5) is 0. The number of hydrogen-bond acceptors (Lipinski definition) is 2. The zero-order valence-electron chi connectivity index (χ0n) is 8.79. The Balaban J connectivity index is 2.55. The minimum atomic E-state index is -2.88. The number of hydrogen-bond donors (Lipinski definition) is 1. The first kappa shape index (κ1) is 13.8. The first-order chi connectivity index (χ1) is 7.08. The van der Waals surface area contributed by atoms with Gasteiger partial charge >= 0.3 is 7.67 Å². The highest BCUT2D eigenvalue weighted by molar-refractivity contribution is 7.54. The van der Waals surface area contributed by atoms with Crippen LogP contribution in [0.15, 0.2) is 0 Å². The standard InChI is InChI=1S/C8H17Cl2N2O2P/c1-8(10)7-11-15(13)12(5-3-9)4-2-6-14-15/h8H,2-7H2,1H3,(H,11,13). The van der Waals surface area contributed by atoms with E-state index in [1.54, 1.807) is 4.67 Å². The molecular weight excluding hydrogens is 258 g/mol. The van der Waals surface area contributed by atoms with Crippen LogP contribution in [-0.4, -0.2) is 42.2 Å². The van der Waals surface area contributed by atoms with E-state index in [0.717, 1.165) is 13.0 Å². The maximum Gasteiger partial charge on any atom is 0.343 e. The molecule has 0 aromatic rings. The molecule has 15 heavy (non-hydrogen) atoms. The molecule has 1 heterocycles. The molecule has 1 rings (SSSR count). The molecule has 0 saturated carbocycles. The van der Waals surface area contributed by atoms with E-state index in [9.17, 15) is 4.57 Å². The number of nitrogens with one attached hydrogen (secondary N) is 1. The fourth-order valence-corrected chi connectivity index (χ4v) is 3.99. The summed E-state index contributed by atoms with van der Waals surface area (Å²) in [7, 11) is -2.88. The van der Waals surface area contributed by atoms with E-state index < -0.39 is 7.67 Å². The fourth-order valence-electron chi connectivity index (χ4n) is 1.38. The summed E-state index contributed by atoms with van der Waals surface area (Å²) < 4.78 is 19.4. The molecule has 2 atom stereocenters. The van der Waals surface area contributed by atoms with Gasteiger partial charge in [-0.25, -0.2) is 9.76 Å². The van der Waals surface area contributed by atoms with Crippen LogP contribution in [0.25, 0.3) is 0 Å². The second-order valence-electron chi connectivity index (χ2n) is 3.49. The summed E-state index contributed by atoms with van der Waals surface area (Å²) in [6, 6.07) is 0. The SMILES string of the molecule is CC(Cl)CNP1(=O)OCCCN1CCCl. The highest BCUT2D eigenvalue weighted by Crippen LogP contribution is 2.48. The summed E-state index contributed by atoms with van der Waals surface area (Å²) in [6.07, 6.45) is 0.888. The molecule has 4 nitrogen and oxygen atoms in total. The van der Waals surface area contributed by atoms with Crippen molar-refractivity contribution in [3.8, 4) is 0 Å². The van der Waals surface area contributed by atoms with Gasteiger partial charge in [-0.1, -0.05) is 0 Å². The Morgan fingerprint density at radius 1 is 1.67 bits per heavy atom. The molecule has 0 aromatic carbocycles. The van der Waals surface area contributed by atoms with Gasteiger partial charge in [0.2, 0.25) is 0 Å². The van der Waals surface area contributed by atoms with Crippen LogP contribution >= 0.6 is 30.9 Å². The third-order valence-electron chi connectivity index (χ3n) is 2.11. The molecule has 90 valence electrons. The lowest BCUT2D eigenvalue weighted by atomic mass is 10.4. The summed E-state index contributed by atoms with van der Waals surface area (Å²) in [5, 5.41) is 2.83. The monoisotopic (exact) mass is 274 g/mol. The fraction of sp³-hybridized carbons (Fsp3) is 1.00. The molecule has 1 saturated heterocycles. The predicted octanol–water partition coefficient (Wildman–Crippen LogP) is 2.27. The number of rotatable bonds is 5. The van der Waals surface area contributed by atoms with Gasteiger partial charge in [0.25, 0.3) is 0 Å². The molecule has 0 radical (unpaired) electrons. The van der Waals surface area contributed by atoms with Gasteiger partial charge in [-0.2, -0.15) is 0 Å². The van der Waals surface area contributed by atoms with Crippen molar-refractivity contribution in [2.75, 3.05) is 32.1 Å². The third-order valence-corrected chi connectivity index (χ3v) is 4.70. The van der Waals surface area contributed by atoms with E-state index in [4.69, 9.17) is 27.7 Å². The summed E-state index contributed by atoms with van der Waals surface area (Å²) in [6.45, 7) is 4.17. The van der Waals surface area contributed by atoms with Crippen LogP contribution in [0.3, 0.4) is 0 Å². The van der Waals surface area contributed by atoms with Gasteiger partial charge < -0.3 is 4.52 Å². The summed E-state index contributed by atoms with van der Waals surface area (Å²) >= 11 is 11.5. The molecule has 0 amide bonds. The molecule has 1 fully saturated rings. The van der Waals surface area contributed by atoms with Crippen LogP contribution in [0.5, 0.6) is 0 Å². The molecule has 1 N–H and O–H groups in total. The molecule has 2 unspecified atom stereocenters. The summed E-state index contributed by atoms with van der Waals surface area (Å²) in [5.41, 5.74) is 0.